The molecule has 1 saturated carbocycles. The van der Waals surface area contributed by atoms with Crippen molar-refractivity contribution in [3.05, 3.63) is 23.8 Å². The molecule has 182 valence electrons. The van der Waals surface area contributed by atoms with Crippen LogP contribution < -0.4 is 0 Å². The minimum absolute atomic E-state index is 0.0793. The molecular formula is C26H44O5Si. The van der Waals surface area contributed by atoms with Crippen LogP contribution in [0.2, 0.25) is 18.1 Å². The van der Waals surface area contributed by atoms with E-state index in [-0.39, 0.29) is 29.5 Å². The van der Waals surface area contributed by atoms with Crippen molar-refractivity contribution >= 4 is 14.3 Å². The number of carbonyl (C=O) groups excluding carboxylic acids is 1. The maximum absolute atomic E-state index is 11.5. The van der Waals surface area contributed by atoms with E-state index in [1.807, 2.05) is 6.92 Å². The van der Waals surface area contributed by atoms with Gasteiger partial charge in [0.1, 0.15) is 0 Å². The van der Waals surface area contributed by atoms with Crippen molar-refractivity contribution in [3.8, 4) is 0 Å². The van der Waals surface area contributed by atoms with E-state index in [0.717, 1.165) is 38.7 Å². The maximum Gasteiger partial charge on any atom is 0.306 e. The molecule has 2 aliphatic carbocycles. The zero-order valence-corrected chi connectivity index (χ0v) is 22.0. The molecule has 0 spiro atoms. The minimum Gasteiger partial charge on any atom is -0.466 e. The summed E-state index contributed by atoms with van der Waals surface area (Å²) in [6, 6.07) is 0. The second-order valence-corrected chi connectivity index (χ2v) is 15.8. The minimum atomic E-state index is -1.92. The summed E-state index contributed by atoms with van der Waals surface area (Å²) < 4.78 is 24.4. The molecule has 3 aliphatic rings. The first-order chi connectivity index (χ1) is 15.1. The second kappa shape index (κ2) is 11.0. The Labute approximate surface area is 196 Å². The van der Waals surface area contributed by atoms with Crippen molar-refractivity contribution in [2.45, 2.75) is 109 Å². The first kappa shape index (κ1) is 25.7. The van der Waals surface area contributed by atoms with Crippen molar-refractivity contribution < 1.29 is 23.4 Å². The Bertz CT molecular complexity index is 687. The van der Waals surface area contributed by atoms with Crippen LogP contribution in [-0.2, 0) is 23.4 Å². The Morgan fingerprint density at radius 1 is 1.28 bits per heavy atom. The van der Waals surface area contributed by atoms with Crippen molar-refractivity contribution in [1.82, 2.24) is 0 Å². The zero-order chi connectivity index (χ0) is 23.4. The molecule has 0 N–H and O–H groups in total. The van der Waals surface area contributed by atoms with Crippen LogP contribution in [0.5, 0.6) is 0 Å². The third-order valence-corrected chi connectivity index (χ3v) is 12.1. The maximum atomic E-state index is 11.5. The smallest absolute Gasteiger partial charge is 0.306 e. The normalized spacial score (nSPS) is 31.1. The summed E-state index contributed by atoms with van der Waals surface area (Å²) >= 11 is 0. The second-order valence-electron chi connectivity index (χ2n) is 11.1. The fraction of sp³-hybridized carbons (Fsp3) is 0.808. The van der Waals surface area contributed by atoms with Gasteiger partial charge in [0.2, 0.25) is 0 Å². The molecule has 0 aromatic heterocycles. The molecule has 1 heterocycles. The molecule has 0 aromatic rings. The fourth-order valence-electron chi connectivity index (χ4n) is 4.79. The molecule has 2 fully saturated rings. The summed E-state index contributed by atoms with van der Waals surface area (Å²) in [6.45, 7) is 14.7. The molecule has 32 heavy (non-hydrogen) atoms. The van der Waals surface area contributed by atoms with Crippen LogP contribution in [0.15, 0.2) is 23.8 Å². The van der Waals surface area contributed by atoms with Gasteiger partial charge in [-0.1, -0.05) is 44.6 Å². The van der Waals surface area contributed by atoms with Crippen LogP contribution in [0.1, 0.15) is 72.6 Å². The Morgan fingerprint density at radius 2 is 2.06 bits per heavy atom. The molecule has 1 saturated heterocycles. The lowest BCUT2D eigenvalue weighted by Gasteiger charge is -2.41. The van der Waals surface area contributed by atoms with E-state index in [1.54, 1.807) is 0 Å². The van der Waals surface area contributed by atoms with Gasteiger partial charge in [-0.15, -0.1) is 0 Å². The molecule has 3 rings (SSSR count). The molecule has 6 heteroatoms. The lowest BCUT2D eigenvalue weighted by Crippen LogP contribution is -2.48. The number of allylic oxidation sites excluding steroid dienone is 4. The number of ether oxygens (including phenoxy) is 3. The van der Waals surface area contributed by atoms with E-state index in [2.05, 4.69) is 52.1 Å². The van der Waals surface area contributed by atoms with E-state index in [1.165, 1.54) is 12.0 Å². The van der Waals surface area contributed by atoms with Gasteiger partial charge in [-0.2, -0.15) is 0 Å². The average Bonchev–Trinajstić information content (AvgIpc) is 3.24. The molecule has 0 aromatic carbocycles. The highest BCUT2D eigenvalue weighted by Gasteiger charge is 2.51. The number of hydrogen-bond acceptors (Lipinski definition) is 5. The SMILES string of the molecule is CCOC(=O)CCC=CC1=CC2C[C@@H](OC3CCCCO3)[C@H](O[Si](C)(C)C(C)(C)C)C2C1. The van der Waals surface area contributed by atoms with Gasteiger partial charge in [0.25, 0.3) is 0 Å². The summed E-state index contributed by atoms with van der Waals surface area (Å²) in [7, 11) is -1.92. The van der Waals surface area contributed by atoms with Gasteiger partial charge in [0.05, 0.1) is 18.8 Å². The standard InChI is InChI=1S/C26H44O5Si/c1-7-28-23(27)13-9-8-12-19-16-20-18-22(30-24-14-10-11-15-29-24)25(21(20)17-19)31-32(5,6)26(2,3)4/h8,12,16,20-22,24-25H,7,9-11,13-15,17-18H2,1-6H3/t20?,21?,22-,24?,25-/m1/s1. The van der Waals surface area contributed by atoms with Gasteiger partial charge in [-0.05, 0) is 75.4 Å². The summed E-state index contributed by atoms with van der Waals surface area (Å²) in [6.07, 6.45) is 13.4. The molecule has 5 atom stereocenters. The third-order valence-electron chi connectivity index (χ3n) is 7.60. The largest absolute Gasteiger partial charge is 0.466 e. The number of carbonyl (C=O) groups is 1. The molecule has 5 nitrogen and oxygen atoms in total. The number of esters is 1. The summed E-state index contributed by atoms with van der Waals surface area (Å²) in [5.74, 6) is 0.827. The average molecular weight is 465 g/mol. The third kappa shape index (κ3) is 6.55. The molecule has 0 bridgehead atoms. The van der Waals surface area contributed by atoms with E-state index < -0.39 is 8.32 Å². The van der Waals surface area contributed by atoms with Crippen molar-refractivity contribution in [1.29, 1.82) is 0 Å². The van der Waals surface area contributed by atoms with Crippen molar-refractivity contribution in [3.63, 3.8) is 0 Å². The number of hydrogen-bond donors (Lipinski definition) is 0. The van der Waals surface area contributed by atoms with Crippen LogP contribution in [-0.4, -0.2) is 46.0 Å². The predicted octanol–water partition coefficient (Wildman–Crippen LogP) is 6.15. The lowest BCUT2D eigenvalue weighted by molar-refractivity contribution is -0.201. The number of fused-ring (bicyclic) bond motifs is 1. The Morgan fingerprint density at radius 3 is 2.72 bits per heavy atom. The van der Waals surface area contributed by atoms with Crippen LogP contribution in [0.4, 0.5) is 0 Å². The van der Waals surface area contributed by atoms with Gasteiger partial charge in [0, 0.05) is 13.0 Å². The van der Waals surface area contributed by atoms with Gasteiger partial charge in [0.15, 0.2) is 14.6 Å². The molecule has 3 unspecified atom stereocenters. The first-order valence-corrected chi connectivity index (χ1v) is 15.5. The molecule has 0 radical (unpaired) electrons. The van der Waals surface area contributed by atoms with Crippen molar-refractivity contribution in [2.75, 3.05) is 13.2 Å². The van der Waals surface area contributed by atoms with Crippen LogP contribution in [0.25, 0.3) is 0 Å². The quantitative estimate of drug-likeness (QED) is 0.302. The highest BCUT2D eigenvalue weighted by molar-refractivity contribution is 6.74. The molecular weight excluding hydrogens is 420 g/mol. The summed E-state index contributed by atoms with van der Waals surface area (Å²) in [4.78, 5) is 11.5. The monoisotopic (exact) mass is 464 g/mol. The van der Waals surface area contributed by atoms with E-state index in [9.17, 15) is 4.79 Å². The Hall–Kier alpha value is -0.953. The molecule has 0 amide bonds. The Balaban J connectivity index is 1.65. The van der Waals surface area contributed by atoms with Crippen molar-refractivity contribution in [2.24, 2.45) is 11.8 Å². The summed E-state index contributed by atoms with van der Waals surface area (Å²) in [5.41, 5.74) is 1.36. The molecule has 1 aliphatic heterocycles. The highest BCUT2D eigenvalue weighted by atomic mass is 28.4. The zero-order valence-electron chi connectivity index (χ0n) is 21.0. The lowest BCUT2D eigenvalue weighted by atomic mass is 9.97. The van der Waals surface area contributed by atoms with Gasteiger partial charge < -0.3 is 18.6 Å². The number of rotatable bonds is 9. The summed E-state index contributed by atoms with van der Waals surface area (Å²) in [5, 5.41) is 0.166. The predicted molar refractivity (Wildman–Crippen MR) is 130 cm³/mol. The van der Waals surface area contributed by atoms with Crippen LogP contribution in [0.3, 0.4) is 0 Å². The Kier molecular flexibility index (Phi) is 8.81. The highest BCUT2D eigenvalue weighted by Crippen LogP contribution is 2.49. The topological polar surface area (TPSA) is 54.0 Å². The van der Waals surface area contributed by atoms with Gasteiger partial charge in [-0.25, -0.2) is 0 Å². The van der Waals surface area contributed by atoms with E-state index in [0.29, 0.717) is 24.9 Å². The van der Waals surface area contributed by atoms with Gasteiger partial charge >= 0.3 is 5.97 Å². The first-order valence-electron chi connectivity index (χ1n) is 12.6. The van der Waals surface area contributed by atoms with Gasteiger partial charge in [-0.3, -0.25) is 4.79 Å². The fourth-order valence-corrected chi connectivity index (χ4v) is 6.15. The van der Waals surface area contributed by atoms with E-state index >= 15 is 0 Å². The van der Waals surface area contributed by atoms with Crippen LogP contribution in [0, 0.1) is 11.8 Å². The van der Waals surface area contributed by atoms with Crippen LogP contribution >= 0.6 is 0 Å². The van der Waals surface area contributed by atoms with E-state index in [4.69, 9.17) is 18.6 Å².